The van der Waals surface area contributed by atoms with Crippen molar-refractivity contribution >= 4 is 50.9 Å². The van der Waals surface area contributed by atoms with Gasteiger partial charge in [-0.05, 0) is 79.1 Å². The Morgan fingerprint density at radius 3 is 2.46 bits per heavy atom. The van der Waals surface area contributed by atoms with Gasteiger partial charge in [-0.15, -0.1) is 13.2 Å². The Hall–Kier alpha value is -4.71. The number of aromatic nitrogens is 3. The number of nitrogens with one attached hydrogen (secondary N) is 1. The van der Waals surface area contributed by atoms with Crippen molar-refractivity contribution in [2.24, 2.45) is 5.10 Å². The van der Waals surface area contributed by atoms with E-state index in [1.807, 2.05) is 50.2 Å². The number of pyridine rings is 1. The molecular formula is C29H21F3N6O2S. The number of imidazole rings is 1. The fourth-order valence-electron chi connectivity index (χ4n) is 4.84. The minimum Gasteiger partial charge on any atom is -0.406 e. The van der Waals surface area contributed by atoms with Crippen LogP contribution in [0.5, 0.6) is 5.75 Å². The lowest BCUT2D eigenvalue weighted by Gasteiger charge is -2.21. The molecular weight excluding hydrogens is 553 g/mol. The third kappa shape index (κ3) is 5.02. The summed E-state index contributed by atoms with van der Waals surface area (Å²) < 4.78 is 43.2. The first-order valence-electron chi connectivity index (χ1n) is 12.4. The second-order valence-electron chi connectivity index (χ2n) is 9.39. The van der Waals surface area contributed by atoms with Crippen LogP contribution in [0.1, 0.15) is 27.8 Å². The highest BCUT2D eigenvalue weighted by molar-refractivity contribution is 8.16. The van der Waals surface area contributed by atoms with Crippen LogP contribution in [-0.4, -0.2) is 43.1 Å². The number of hydrazone groups is 1. The summed E-state index contributed by atoms with van der Waals surface area (Å²) in [4.78, 5) is 22.0. The Labute approximate surface area is 236 Å². The Kier molecular flexibility index (Phi) is 6.49. The van der Waals surface area contributed by atoms with Crippen LogP contribution in [0.3, 0.4) is 0 Å². The van der Waals surface area contributed by atoms with Crippen LogP contribution in [0.2, 0.25) is 0 Å². The van der Waals surface area contributed by atoms with Gasteiger partial charge in [-0.1, -0.05) is 30.0 Å². The molecule has 12 heteroatoms. The summed E-state index contributed by atoms with van der Waals surface area (Å²) in [5, 5.41) is 14.1. The Morgan fingerprint density at radius 1 is 1.02 bits per heavy atom. The SMILES string of the molecule is Cc1cccc(C)c1C1SC(=N)C(=O)N1/N=C/c1ccc2c(ccc3c2ncn3-c2ccc(OC(F)(F)F)cc2)n1. The summed E-state index contributed by atoms with van der Waals surface area (Å²) >= 11 is 1.16. The number of amides is 1. The Bertz CT molecular complexity index is 1850. The second-order valence-corrected chi connectivity index (χ2v) is 10.5. The highest BCUT2D eigenvalue weighted by Gasteiger charge is 2.39. The van der Waals surface area contributed by atoms with Gasteiger partial charge in [0.05, 0.1) is 28.5 Å². The average Bonchev–Trinajstić information content (AvgIpc) is 3.48. The first-order chi connectivity index (χ1) is 19.6. The van der Waals surface area contributed by atoms with Crippen LogP contribution >= 0.6 is 11.8 Å². The van der Waals surface area contributed by atoms with E-state index in [2.05, 4.69) is 19.8 Å². The number of rotatable bonds is 5. The van der Waals surface area contributed by atoms with E-state index in [1.165, 1.54) is 35.5 Å². The minimum absolute atomic E-state index is 0.0678. The summed E-state index contributed by atoms with van der Waals surface area (Å²) in [5.41, 5.74) is 6.21. The van der Waals surface area contributed by atoms with Crippen LogP contribution < -0.4 is 4.74 Å². The maximum atomic E-state index is 12.8. The lowest BCUT2D eigenvalue weighted by Crippen LogP contribution is -2.25. The third-order valence-corrected chi connectivity index (χ3v) is 7.78. The van der Waals surface area contributed by atoms with Gasteiger partial charge in [0.2, 0.25) is 0 Å². The van der Waals surface area contributed by atoms with Crippen molar-refractivity contribution in [1.29, 1.82) is 5.41 Å². The van der Waals surface area contributed by atoms with E-state index in [0.29, 0.717) is 22.4 Å². The van der Waals surface area contributed by atoms with Crippen LogP contribution in [0.4, 0.5) is 13.2 Å². The molecule has 2 aromatic heterocycles. The minimum atomic E-state index is -4.76. The highest BCUT2D eigenvalue weighted by atomic mass is 32.2. The molecule has 1 atom stereocenters. The van der Waals surface area contributed by atoms with Gasteiger partial charge in [-0.2, -0.15) is 5.10 Å². The van der Waals surface area contributed by atoms with Crippen molar-refractivity contribution in [3.05, 3.63) is 95.4 Å². The van der Waals surface area contributed by atoms with Crippen molar-refractivity contribution in [3.8, 4) is 11.4 Å². The predicted octanol–water partition coefficient (Wildman–Crippen LogP) is 6.67. The van der Waals surface area contributed by atoms with E-state index in [1.54, 1.807) is 17.0 Å². The zero-order chi connectivity index (χ0) is 28.9. The molecule has 0 saturated carbocycles. The molecule has 1 unspecified atom stereocenters. The number of carbonyl (C=O) groups is 1. The van der Waals surface area contributed by atoms with Gasteiger partial charge in [0, 0.05) is 11.1 Å². The molecule has 1 amide bonds. The topological polar surface area (TPSA) is 96.5 Å². The number of ether oxygens (including phenoxy) is 1. The van der Waals surface area contributed by atoms with Crippen molar-refractivity contribution in [2.75, 3.05) is 0 Å². The van der Waals surface area contributed by atoms with Gasteiger partial charge in [-0.3, -0.25) is 14.8 Å². The quantitative estimate of drug-likeness (QED) is 0.237. The van der Waals surface area contributed by atoms with Gasteiger partial charge >= 0.3 is 6.36 Å². The van der Waals surface area contributed by atoms with Gasteiger partial charge in [0.1, 0.15) is 17.5 Å². The zero-order valence-electron chi connectivity index (χ0n) is 21.7. The standard InChI is InChI=1S/C29H21F3N6O2S/c1-16-4-3-5-17(2)24(16)28-38(27(39)26(33)41-28)35-14-18-6-11-21-22(36-18)12-13-23-25(21)34-15-37(23)19-7-9-20(10-8-19)40-29(30,31)32/h3-15,28,33H,1-2H3/b33-26?,35-14+. The summed E-state index contributed by atoms with van der Waals surface area (Å²) in [6.45, 7) is 3.95. The van der Waals surface area contributed by atoms with E-state index in [9.17, 15) is 18.0 Å². The normalized spacial score (nSPS) is 16.0. The van der Waals surface area contributed by atoms with Crippen LogP contribution in [0, 0.1) is 19.3 Å². The predicted molar refractivity (Wildman–Crippen MR) is 151 cm³/mol. The van der Waals surface area contributed by atoms with Crippen molar-refractivity contribution in [2.45, 2.75) is 25.6 Å². The second kappa shape index (κ2) is 10.0. The highest BCUT2D eigenvalue weighted by Crippen LogP contribution is 2.42. The molecule has 1 fully saturated rings. The van der Waals surface area contributed by atoms with Gasteiger partial charge in [-0.25, -0.2) is 15.0 Å². The summed E-state index contributed by atoms with van der Waals surface area (Å²) in [5.74, 6) is -0.772. The maximum Gasteiger partial charge on any atom is 0.573 e. The number of nitrogens with zero attached hydrogens (tertiary/aromatic N) is 5. The first-order valence-corrected chi connectivity index (χ1v) is 13.3. The summed E-state index contributed by atoms with van der Waals surface area (Å²) in [6.07, 6.45) is -1.66. The molecule has 0 spiro atoms. The fourth-order valence-corrected chi connectivity index (χ4v) is 6.00. The number of halogens is 3. The number of carbonyl (C=O) groups excluding carboxylic acids is 1. The molecule has 3 heterocycles. The Morgan fingerprint density at radius 2 is 1.76 bits per heavy atom. The number of alkyl halides is 3. The molecule has 1 aliphatic heterocycles. The van der Waals surface area contributed by atoms with E-state index >= 15 is 0 Å². The molecule has 206 valence electrons. The molecule has 1 N–H and O–H groups in total. The van der Waals surface area contributed by atoms with E-state index in [-0.39, 0.29) is 10.8 Å². The van der Waals surface area contributed by atoms with Crippen LogP contribution in [-0.2, 0) is 4.79 Å². The molecule has 1 aliphatic rings. The van der Waals surface area contributed by atoms with E-state index in [0.717, 1.165) is 39.4 Å². The number of hydrogen-bond donors (Lipinski definition) is 1. The number of thioether (sulfide) groups is 1. The van der Waals surface area contributed by atoms with E-state index in [4.69, 9.17) is 5.41 Å². The first kappa shape index (κ1) is 26.5. The molecule has 0 aliphatic carbocycles. The van der Waals surface area contributed by atoms with Crippen molar-refractivity contribution < 1.29 is 22.7 Å². The average molecular weight is 575 g/mol. The largest absolute Gasteiger partial charge is 0.573 e. The molecule has 1 saturated heterocycles. The molecule has 41 heavy (non-hydrogen) atoms. The van der Waals surface area contributed by atoms with Crippen molar-refractivity contribution in [3.63, 3.8) is 0 Å². The number of benzene rings is 3. The Balaban J connectivity index is 1.29. The van der Waals surface area contributed by atoms with E-state index < -0.39 is 17.6 Å². The smallest absolute Gasteiger partial charge is 0.406 e. The van der Waals surface area contributed by atoms with Gasteiger partial charge < -0.3 is 4.74 Å². The molecule has 8 nitrogen and oxygen atoms in total. The molecule has 6 rings (SSSR count). The monoisotopic (exact) mass is 574 g/mol. The van der Waals surface area contributed by atoms with Gasteiger partial charge in [0.25, 0.3) is 5.91 Å². The molecule has 5 aromatic rings. The summed E-state index contributed by atoms with van der Waals surface area (Å²) in [6, 6.07) is 18.7. The molecule has 3 aromatic carbocycles. The molecule has 0 radical (unpaired) electrons. The fraction of sp³-hybridized carbons (Fsp3) is 0.138. The zero-order valence-corrected chi connectivity index (χ0v) is 22.5. The number of fused-ring (bicyclic) bond motifs is 3. The maximum absolute atomic E-state index is 12.8. The number of aryl methyl sites for hydroxylation is 2. The summed E-state index contributed by atoms with van der Waals surface area (Å²) in [7, 11) is 0. The van der Waals surface area contributed by atoms with Crippen LogP contribution in [0.15, 0.2) is 78.2 Å². The van der Waals surface area contributed by atoms with Crippen LogP contribution in [0.25, 0.3) is 27.6 Å². The van der Waals surface area contributed by atoms with Crippen molar-refractivity contribution in [1.82, 2.24) is 19.5 Å². The van der Waals surface area contributed by atoms with Gasteiger partial charge in [0.15, 0.2) is 5.04 Å². The lowest BCUT2D eigenvalue weighted by molar-refractivity contribution is -0.274. The third-order valence-electron chi connectivity index (χ3n) is 6.71. The molecule has 0 bridgehead atoms. The lowest BCUT2D eigenvalue weighted by atomic mass is 10.0. The number of hydrogen-bond acceptors (Lipinski definition) is 7.